The number of fused-ring (bicyclic) bond motifs is 1. The van der Waals surface area contributed by atoms with Crippen molar-refractivity contribution in [1.82, 2.24) is 40.6 Å². The molecule has 1 aromatic rings. The molecule has 17 nitrogen and oxygen atoms in total. The number of guanidine groups is 1. The van der Waals surface area contributed by atoms with Crippen LogP contribution in [0.25, 0.3) is 0 Å². The van der Waals surface area contributed by atoms with Gasteiger partial charge in [-0.25, -0.2) is 14.5 Å². The van der Waals surface area contributed by atoms with Gasteiger partial charge in [-0.1, -0.05) is 6.92 Å². The second-order valence-corrected chi connectivity index (χ2v) is 12.1. The number of aliphatic hydroxyl groups is 1. The van der Waals surface area contributed by atoms with Crippen LogP contribution in [0.15, 0.2) is 21.9 Å². The van der Waals surface area contributed by atoms with Crippen LogP contribution in [-0.2, 0) is 25.7 Å². The van der Waals surface area contributed by atoms with Gasteiger partial charge < -0.3 is 42.1 Å². The van der Waals surface area contributed by atoms with Crippen LogP contribution in [0.3, 0.4) is 0 Å². The normalized spacial score (nSPS) is 31.6. The van der Waals surface area contributed by atoms with Crippen molar-refractivity contribution in [3.63, 3.8) is 0 Å². The van der Waals surface area contributed by atoms with Gasteiger partial charge in [0.2, 0.25) is 17.7 Å². The first-order chi connectivity index (χ1) is 19.5. The smallest absolute Gasteiger partial charge is 0.353 e. The van der Waals surface area contributed by atoms with Gasteiger partial charge in [-0.2, -0.15) is 0 Å². The van der Waals surface area contributed by atoms with E-state index in [0.29, 0.717) is 17.9 Å². The minimum absolute atomic E-state index is 0.0431. The molecule has 8 atom stereocenters. The SMILES string of the molecule is C[C@@H](NC(=O)Cn1cnnn1)C1C(=O)N2C(C(=O)O)=C(S[C@@H]3CN[C@H](C(=O)N4C[C@H](O)[C@H](N=C(N)N)C4)C3)[C@H](C)[C@H]12. The quantitative estimate of drug-likeness (QED) is 0.0919. The lowest BCUT2D eigenvalue weighted by molar-refractivity contribution is -0.158. The number of carbonyl (C=O) groups is 4. The van der Waals surface area contributed by atoms with Gasteiger partial charge in [0.15, 0.2) is 5.96 Å². The molecule has 5 heterocycles. The highest BCUT2D eigenvalue weighted by Crippen LogP contribution is 2.51. The Bertz CT molecular complexity index is 1280. The van der Waals surface area contributed by atoms with E-state index in [1.54, 1.807) is 6.92 Å². The molecule has 18 heteroatoms. The predicted octanol–water partition coefficient (Wildman–Crippen LogP) is -3.74. The Morgan fingerprint density at radius 2 is 2.07 bits per heavy atom. The summed E-state index contributed by atoms with van der Waals surface area (Å²) in [4.78, 5) is 58.5. The predicted molar refractivity (Wildman–Crippen MR) is 143 cm³/mol. The average molecular weight is 592 g/mol. The first-order valence-electron chi connectivity index (χ1n) is 13.2. The highest BCUT2D eigenvalue weighted by molar-refractivity contribution is 8.03. The van der Waals surface area contributed by atoms with Crippen molar-refractivity contribution in [3.05, 3.63) is 16.9 Å². The van der Waals surface area contributed by atoms with Crippen molar-refractivity contribution >= 4 is 41.4 Å². The van der Waals surface area contributed by atoms with E-state index in [1.165, 1.54) is 32.6 Å². The highest BCUT2D eigenvalue weighted by Gasteiger charge is 2.60. The number of carboxylic acids is 1. The molecule has 8 N–H and O–H groups in total. The number of amides is 3. The summed E-state index contributed by atoms with van der Waals surface area (Å²) in [5.74, 6) is -3.13. The van der Waals surface area contributed by atoms with Gasteiger partial charge in [0, 0.05) is 41.7 Å². The molecule has 4 aliphatic rings. The Morgan fingerprint density at radius 1 is 1.32 bits per heavy atom. The summed E-state index contributed by atoms with van der Waals surface area (Å²) in [5.41, 5.74) is 10.8. The third-order valence-corrected chi connectivity index (χ3v) is 9.50. The molecular weight excluding hydrogens is 558 g/mol. The molecule has 3 saturated heterocycles. The van der Waals surface area contributed by atoms with E-state index in [1.807, 2.05) is 6.92 Å². The zero-order chi connectivity index (χ0) is 29.6. The maximum Gasteiger partial charge on any atom is 0.353 e. The lowest BCUT2D eigenvalue weighted by atomic mass is 9.78. The highest BCUT2D eigenvalue weighted by atomic mass is 32.2. The maximum absolute atomic E-state index is 13.2. The molecule has 0 aliphatic carbocycles. The largest absolute Gasteiger partial charge is 0.477 e. The Kier molecular flexibility index (Phi) is 7.89. The molecule has 41 heavy (non-hydrogen) atoms. The Hall–Kier alpha value is -3.77. The average Bonchev–Trinajstić information content (AvgIpc) is 3.68. The minimum Gasteiger partial charge on any atom is -0.477 e. The van der Waals surface area contributed by atoms with E-state index >= 15 is 0 Å². The number of carbonyl (C=O) groups excluding carboxylic acids is 3. The van der Waals surface area contributed by atoms with Gasteiger partial charge in [0.05, 0.1) is 30.1 Å². The van der Waals surface area contributed by atoms with Crippen molar-refractivity contribution in [2.24, 2.45) is 28.3 Å². The third-order valence-electron chi connectivity index (χ3n) is 7.98. The summed E-state index contributed by atoms with van der Waals surface area (Å²) in [7, 11) is 0. The molecule has 0 aromatic carbocycles. The first-order valence-corrected chi connectivity index (χ1v) is 14.1. The zero-order valence-electron chi connectivity index (χ0n) is 22.5. The van der Waals surface area contributed by atoms with E-state index in [0.717, 1.165) is 0 Å². The Labute approximate surface area is 238 Å². The van der Waals surface area contributed by atoms with E-state index in [4.69, 9.17) is 11.5 Å². The molecule has 4 aliphatic heterocycles. The van der Waals surface area contributed by atoms with Crippen LogP contribution in [0.2, 0.25) is 0 Å². The summed E-state index contributed by atoms with van der Waals surface area (Å²) < 4.78 is 1.26. The van der Waals surface area contributed by atoms with Crippen LogP contribution < -0.4 is 22.1 Å². The van der Waals surface area contributed by atoms with E-state index in [-0.39, 0.29) is 60.2 Å². The lowest BCUT2D eigenvalue weighted by Gasteiger charge is -2.47. The molecule has 3 amide bonds. The number of aliphatic carboxylic acids is 1. The van der Waals surface area contributed by atoms with Gasteiger partial charge in [0.1, 0.15) is 18.6 Å². The number of aliphatic imine (C=N–C) groups is 1. The van der Waals surface area contributed by atoms with E-state index < -0.39 is 42.2 Å². The van der Waals surface area contributed by atoms with E-state index in [2.05, 4.69) is 31.2 Å². The molecule has 0 bridgehead atoms. The molecule has 3 fully saturated rings. The second-order valence-electron chi connectivity index (χ2n) is 10.8. The van der Waals surface area contributed by atoms with Crippen molar-refractivity contribution in [3.8, 4) is 0 Å². The molecule has 0 radical (unpaired) electrons. The van der Waals surface area contributed by atoms with Crippen molar-refractivity contribution < 1.29 is 29.4 Å². The van der Waals surface area contributed by atoms with Gasteiger partial charge in [-0.15, -0.1) is 16.9 Å². The molecule has 1 aromatic heterocycles. The van der Waals surface area contributed by atoms with Gasteiger partial charge >= 0.3 is 5.97 Å². The monoisotopic (exact) mass is 591 g/mol. The van der Waals surface area contributed by atoms with Crippen molar-refractivity contribution in [1.29, 1.82) is 0 Å². The second kappa shape index (κ2) is 11.2. The fourth-order valence-electron chi connectivity index (χ4n) is 6.13. The van der Waals surface area contributed by atoms with Crippen molar-refractivity contribution in [2.75, 3.05) is 19.6 Å². The number of thioether (sulfide) groups is 1. The Balaban J connectivity index is 1.21. The van der Waals surface area contributed by atoms with Crippen molar-refractivity contribution in [2.45, 2.75) is 62.3 Å². The number of tetrazole rings is 1. The number of likely N-dealkylation sites (tertiary alicyclic amines) is 1. The van der Waals surface area contributed by atoms with Crippen LogP contribution in [0, 0.1) is 11.8 Å². The number of aliphatic hydroxyl groups excluding tert-OH is 1. The fraction of sp³-hybridized carbons (Fsp3) is 0.652. The molecule has 0 spiro atoms. The van der Waals surface area contributed by atoms with Crippen LogP contribution in [-0.4, -0.2) is 125 Å². The van der Waals surface area contributed by atoms with Crippen LogP contribution >= 0.6 is 11.8 Å². The minimum atomic E-state index is -1.19. The van der Waals surface area contributed by atoms with Crippen LogP contribution in [0.4, 0.5) is 0 Å². The molecule has 5 rings (SSSR count). The standard InChI is InChI=1S/C23H33N11O6S/c1-9-17-16(10(2)28-15(36)7-33-8-27-30-31-33)21(38)34(17)18(22(39)40)19(9)41-11-3-12(26-4-11)20(37)32-5-13(14(35)6-32)29-23(24)25/h8-14,16-17,26,35H,3-7H2,1-2H3,(H,28,36)(H,39,40)(H4,24,25,29)/t9-,10-,11+,12+,13-,14+,16?,17-/m1/s1. The number of nitrogens with two attached hydrogens (primary N) is 2. The number of β-amino-alcohol motifs (C(OH)–C–C–N with tert-alkyl or cyclic N) is 1. The fourth-order valence-corrected chi connectivity index (χ4v) is 7.61. The molecule has 222 valence electrons. The first kappa shape index (κ1) is 28.7. The van der Waals surface area contributed by atoms with Crippen LogP contribution in [0.1, 0.15) is 20.3 Å². The number of nitrogens with one attached hydrogen (secondary N) is 2. The summed E-state index contributed by atoms with van der Waals surface area (Å²) in [6.45, 7) is 4.27. The van der Waals surface area contributed by atoms with Gasteiger partial charge in [-0.3, -0.25) is 14.4 Å². The van der Waals surface area contributed by atoms with Crippen LogP contribution in [0.5, 0.6) is 0 Å². The number of carboxylic acid groups (broad SMARTS) is 1. The van der Waals surface area contributed by atoms with Gasteiger partial charge in [-0.05, 0) is 23.8 Å². The number of rotatable bonds is 9. The number of aromatic nitrogens is 4. The summed E-state index contributed by atoms with van der Waals surface area (Å²) in [6.07, 6.45) is 0.884. The summed E-state index contributed by atoms with van der Waals surface area (Å²) in [5, 5.41) is 36.8. The number of β-lactam (4-membered cyclic amide) rings is 1. The number of hydrogen-bond acceptors (Lipinski definition) is 11. The van der Waals surface area contributed by atoms with Gasteiger partial charge in [0.25, 0.3) is 0 Å². The molecular formula is C23H33N11O6S. The number of nitrogens with zero attached hydrogens (tertiary/aromatic N) is 7. The molecule has 0 saturated carbocycles. The maximum atomic E-state index is 13.2. The zero-order valence-corrected chi connectivity index (χ0v) is 23.3. The Morgan fingerprint density at radius 3 is 2.73 bits per heavy atom. The van der Waals surface area contributed by atoms with E-state index in [9.17, 15) is 29.4 Å². The molecule has 1 unspecified atom stereocenters. The number of hydrogen-bond donors (Lipinski definition) is 6. The lowest BCUT2D eigenvalue weighted by Crippen LogP contribution is -2.66. The third kappa shape index (κ3) is 5.45. The topological polar surface area (TPSA) is 247 Å². The summed E-state index contributed by atoms with van der Waals surface area (Å²) in [6, 6.07) is -2.04. The summed E-state index contributed by atoms with van der Waals surface area (Å²) >= 11 is 1.37.